The summed E-state index contributed by atoms with van der Waals surface area (Å²) in [6, 6.07) is 0. The normalized spacial score (nSPS) is 11.3. The van der Waals surface area contributed by atoms with Crippen LogP contribution in [0.4, 0.5) is 5.82 Å². The van der Waals surface area contributed by atoms with Gasteiger partial charge in [0, 0.05) is 13.1 Å². The number of rotatable bonds is 5. The smallest absolute Gasteiger partial charge is 0.183 e. The quantitative estimate of drug-likeness (QED) is 0.799. The van der Waals surface area contributed by atoms with Gasteiger partial charge in [-0.25, -0.2) is 14.6 Å². The minimum atomic E-state index is 0.730. The summed E-state index contributed by atoms with van der Waals surface area (Å²) in [6.45, 7) is 4.49. The van der Waals surface area contributed by atoms with Gasteiger partial charge in [0.05, 0.1) is 6.54 Å². The highest BCUT2D eigenvalue weighted by Crippen LogP contribution is 2.15. The fourth-order valence-corrected chi connectivity index (χ4v) is 1.53. The van der Waals surface area contributed by atoms with E-state index in [0.717, 1.165) is 36.6 Å². The van der Waals surface area contributed by atoms with Gasteiger partial charge in [0.1, 0.15) is 6.33 Å². The van der Waals surface area contributed by atoms with Gasteiger partial charge >= 0.3 is 0 Å². The molecule has 0 aliphatic rings. The molecule has 2 heterocycles. The van der Waals surface area contributed by atoms with Gasteiger partial charge in [0.25, 0.3) is 0 Å². The lowest BCUT2D eigenvalue weighted by Gasteiger charge is -2.08. The van der Waals surface area contributed by atoms with Crippen molar-refractivity contribution >= 4 is 17.0 Å². The number of anilines is 1. The Morgan fingerprint density at radius 2 is 2.18 bits per heavy atom. The number of hydrogen-bond donors (Lipinski definition) is 1. The average Bonchev–Trinajstić information content (AvgIpc) is 2.71. The zero-order valence-corrected chi connectivity index (χ0v) is 10.4. The summed E-state index contributed by atoms with van der Waals surface area (Å²) in [5.41, 5.74) is 1.51. The summed E-state index contributed by atoms with van der Waals surface area (Å²) in [4.78, 5) is 10.5. The van der Waals surface area contributed by atoms with Crippen molar-refractivity contribution < 1.29 is 0 Å². The molecule has 0 aliphatic carbocycles. The second-order valence-corrected chi connectivity index (χ2v) is 4.04. The third-order valence-electron chi connectivity index (χ3n) is 2.40. The highest BCUT2D eigenvalue weighted by atomic mass is 15.4. The number of likely N-dealkylation sites (N-methyl/N-ethyl adjacent to an activating group) is 1. The lowest BCUT2D eigenvalue weighted by molar-refractivity contribution is 0.373. The average molecular weight is 235 g/mol. The van der Waals surface area contributed by atoms with E-state index in [9.17, 15) is 0 Å². The molecule has 0 radical (unpaired) electrons. The molecular formula is C10H17N7. The van der Waals surface area contributed by atoms with E-state index in [2.05, 4.69) is 30.5 Å². The van der Waals surface area contributed by atoms with Gasteiger partial charge < -0.3 is 10.2 Å². The van der Waals surface area contributed by atoms with E-state index in [1.165, 1.54) is 6.33 Å². The maximum absolute atomic E-state index is 4.23. The number of aromatic nitrogens is 5. The zero-order valence-electron chi connectivity index (χ0n) is 10.4. The summed E-state index contributed by atoms with van der Waals surface area (Å²) < 4.78 is 1.80. The van der Waals surface area contributed by atoms with Crippen LogP contribution in [0.25, 0.3) is 11.2 Å². The number of fused-ring (bicyclic) bond motifs is 1. The Morgan fingerprint density at radius 1 is 1.35 bits per heavy atom. The van der Waals surface area contributed by atoms with Crippen molar-refractivity contribution in [2.24, 2.45) is 0 Å². The molecule has 92 valence electrons. The van der Waals surface area contributed by atoms with Crippen LogP contribution >= 0.6 is 0 Å². The number of nitrogens with one attached hydrogen (secondary N) is 1. The van der Waals surface area contributed by atoms with E-state index in [1.807, 2.05) is 21.0 Å². The second kappa shape index (κ2) is 5.05. The third kappa shape index (κ3) is 2.50. The van der Waals surface area contributed by atoms with E-state index in [4.69, 9.17) is 0 Å². The predicted octanol–water partition coefficient (Wildman–Crippen LogP) is 0.215. The van der Waals surface area contributed by atoms with E-state index >= 15 is 0 Å². The van der Waals surface area contributed by atoms with Crippen LogP contribution in [0, 0.1) is 0 Å². The van der Waals surface area contributed by atoms with Gasteiger partial charge in [-0.2, -0.15) is 0 Å². The molecule has 0 amide bonds. The summed E-state index contributed by atoms with van der Waals surface area (Å²) in [5.74, 6) is 0.744. The minimum Gasteiger partial charge on any atom is -0.368 e. The Bertz CT molecular complexity index is 490. The zero-order chi connectivity index (χ0) is 12.3. The molecule has 0 fully saturated rings. The molecule has 1 N–H and O–H groups in total. The molecule has 17 heavy (non-hydrogen) atoms. The molecule has 2 aromatic heterocycles. The lowest BCUT2D eigenvalue weighted by Crippen LogP contribution is -2.19. The molecular weight excluding hydrogens is 218 g/mol. The van der Waals surface area contributed by atoms with Gasteiger partial charge in [-0.05, 0) is 21.0 Å². The van der Waals surface area contributed by atoms with Crippen LogP contribution < -0.4 is 5.32 Å². The minimum absolute atomic E-state index is 0.730. The van der Waals surface area contributed by atoms with Crippen molar-refractivity contribution in [2.45, 2.75) is 13.5 Å². The predicted molar refractivity (Wildman–Crippen MR) is 65.8 cm³/mol. The highest BCUT2D eigenvalue weighted by Gasteiger charge is 2.10. The summed E-state index contributed by atoms with van der Waals surface area (Å²) >= 11 is 0. The van der Waals surface area contributed by atoms with E-state index in [1.54, 1.807) is 4.68 Å². The molecule has 0 atom stereocenters. The van der Waals surface area contributed by atoms with Crippen LogP contribution in [0.2, 0.25) is 0 Å². The van der Waals surface area contributed by atoms with Crippen LogP contribution in [0.5, 0.6) is 0 Å². The van der Waals surface area contributed by atoms with Gasteiger partial charge in [0.2, 0.25) is 0 Å². The van der Waals surface area contributed by atoms with Crippen LogP contribution in [0.1, 0.15) is 6.92 Å². The Morgan fingerprint density at radius 3 is 2.88 bits per heavy atom. The second-order valence-electron chi connectivity index (χ2n) is 4.04. The van der Waals surface area contributed by atoms with E-state index in [0.29, 0.717) is 0 Å². The Balaban J connectivity index is 2.30. The Labute approximate surface area is 99.8 Å². The largest absolute Gasteiger partial charge is 0.368 e. The Kier molecular flexibility index (Phi) is 3.48. The van der Waals surface area contributed by atoms with E-state index < -0.39 is 0 Å². The molecule has 2 rings (SSSR count). The van der Waals surface area contributed by atoms with Crippen molar-refractivity contribution in [1.82, 2.24) is 29.9 Å². The summed E-state index contributed by atoms with van der Waals surface area (Å²) in [6.07, 6.45) is 1.54. The molecule has 0 aliphatic heterocycles. The first-order valence-electron chi connectivity index (χ1n) is 5.65. The topological polar surface area (TPSA) is 71.8 Å². The SMILES string of the molecule is CCNc1ncnc2c1nnn2CCN(C)C. The molecule has 7 heteroatoms. The molecule has 0 saturated carbocycles. The maximum Gasteiger partial charge on any atom is 0.183 e. The van der Waals surface area contributed by atoms with Crippen molar-refractivity contribution in [2.75, 3.05) is 32.5 Å². The first kappa shape index (κ1) is 11.7. The summed E-state index contributed by atoms with van der Waals surface area (Å²) in [7, 11) is 4.05. The van der Waals surface area contributed by atoms with Gasteiger partial charge in [0.15, 0.2) is 17.0 Å². The van der Waals surface area contributed by atoms with Crippen LogP contribution in [0.3, 0.4) is 0 Å². The van der Waals surface area contributed by atoms with Crippen molar-refractivity contribution in [1.29, 1.82) is 0 Å². The Hall–Kier alpha value is -1.76. The van der Waals surface area contributed by atoms with E-state index in [-0.39, 0.29) is 0 Å². The van der Waals surface area contributed by atoms with Gasteiger partial charge in [-0.1, -0.05) is 5.21 Å². The number of nitrogens with zero attached hydrogens (tertiary/aromatic N) is 6. The van der Waals surface area contributed by atoms with Crippen LogP contribution in [0.15, 0.2) is 6.33 Å². The fraction of sp³-hybridized carbons (Fsp3) is 0.600. The van der Waals surface area contributed by atoms with Crippen LogP contribution in [-0.4, -0.2) is 57.0 Å². The third-order valence-corrected chi connectivity index (χ3v) is 2.40. The molecule has 0 bridgehead atoms. The lowest BCUT2D eigenvalue weighted by atomic mass is 10.4. The molecule has 0 aromatic carbocycles. The van der Waals surface area contributed by atoms with Crippen LogP contribution in [-0.2, 0) is 6.54 Å². The molecule has 7 nitrogen and oxygen atoms in total. The van der Waals surface area contributed by atoms with Gasteiger partial charge in [-0.15, -0.1) is 5.10 Å². The maximum atomic E-state index is 4.23. The molecule has 0 unspecified atom stereocenters. The van der Waals surface area contributed by atoms with Crippen molar-refractivity contribution in [3.8, 4) is 0 Å². The summed E-state index contributed by atoms with van der Waals surface area (Å²) in [5, 5.41) is 11.4. The fourth-order valence-electron chi connectivity index (χ4n) is 1.53. The molecule has 2 aromatic rings. The number of hydrogen-bond acceptors (Lipinski definition) is 6. The first-order chi connectivity index (χ1) is 8.22. The van der Waals surface area contributed by atoms with Crippen molar-refractivity contribution in [3.05, 3.63) is 6.33 Å². The molecule has 0 spiro atoms. The monoisotopic (exact) mass is 235 g/mol. The van der Waals surface area contributed by atoms with Crippen molar-refractivity contribution in [3.63, 3.8) is 0 Å². The highest BCUT2D eigenvalue weighted by molar-refractivity contribution is 5.81. The molecule has 0 saturated heterocycles. The van der Waals surface area contributed by atoms with Gasteiger partial charge in [-0.3, -0.25) is 0 Å². The standard InChI is InChI=1S/C10H17N7/c1-4-11-9-8-10(13-7-12-9)17(15-14-8)6-5-16(2)3/h7H,4-6H2,1-3H3,(H,11,12,13). The first-order valence-corrected chi connectivity index (χ1v) is 5.65.